The van der Waals surface area contributed by atoms with Gasteiger partial charge in [0.25, 0.3) is 17.5 Å². The molecule has 1 unspecified atom stereocenters. The number of halogens is 1. The average Bonchev–Trinajstić information content (AvgIpc) is 2.61. The highest BCUT2D eigenvalue weighted by molar-refractivity contribution is 9.10. The van der Waals surface area contributed by atoms with E-state index in [0.717, 1.165) is 6.42 Å². The lowest BCUT2D eigenvalue weighted by molar-refractivity contribution is -0.385. The Morgan fingerprint density at radius 2 is 1.88 bits per heavy atom. The molecular weight excluding hydrogens is 402 g/mol. The minimum Gasteiger partial charge on any atom is -0.350 e. The fourth-order valence-corrected chi connectivity index (χ4v) is 2.57. The molecule has 2 aromatic rings. The van der Waals surface area contributed by atoms with E-state index < -0.39 is 10.8 Å². The Labute approximate surface area is 159 Å². The fraction of sp³-hybridized carbons (Fsp3) is 0.222. The number of nitrogens with zero attached hydrogens (tertiary/aromatic N) is 1. The molecule has 0 bridgehead atoms. The van der Waals surface area contributed by atoms with E-state index in [-0.39, 0.29) is 27.7 Å². The van der Waals surface area contributed by atoms with Gasteiger partial charge in [-0.1, -0.05) is 19.1 Å². The Hall–Kier alpha value is -2.74. The first-order valence-electron chi connectivity index (χ1n) is 7.98. The van der Waals surface area contributed by atoms with Crippen LogP contribution in [0, 0.1) is 10.1 Å². The SMILES string of the molecule is CCC(C)NC(=O)c1ccccc1NC(=O)c1ccc(Br)c([N+](=O)[O-])c1. The number of nitrogens with one attached hydrogen (secondary N) is 2. The molecule has 1 atom stereocenters. The van der Waals surface area contributed by atoms with Gasteiger partial charge < -0.3 is 10.6 Å². The molecule has 2 rings (SSSR count). The van der Waals surface area contributed by atoms with Crippen LogP contribution in [0.1, 0.15) is 41.0 Å². The highest BCUT2D eigenvalue weighted by Crippen LogP contribution is 2.26. The Kier molecular flexibility index (Phi) is 6.46. The highest BCUT2D eigenvalue weighted by Gasteiger charge is 2.18. The molecule has 0 heterocycles. The number of para-hydroxylation sites is 1. The Bertz CT molecular complexity index is 854. The lowest BCUT2D eigenvalue weighted by atomic mass is 10.1. The van der Waals surface area contributed by atoms with Crippen molar-refractivity contribution in [3.8, 4) is 0 Å². The van der Waals surface area contributed by atoms with Crippen molar-refractivity contribution < 1.29 is 14.5 Å². The van der Waals surface area contributed by atoms with Gasteiger partial charge in [0.1, 0.15) is 0 Å². The third-order valence-corrected chi connectivity index (χ3v) is 4.49. The summed E-state index contributed by atoms with van der Waals surface area (Å²) in [4.78, 5) is 35.3. The molecular formula is C18H18BrN3O4. The zero-order chi connectivity index (χ0) is 19.3. The van der Waals surface area contributed by atoms with Crippen molar-refractivity contribution in [2.75, 3.05) is 5.32 Å². The molecule has 0 spiro atoms. The van der Waals surface area contributed by atoms with E-state index in [1.807, 2.05) is 13.8 Å². The number of carbonyl (C=O) groups excluding carboxylic acids is 2. The largest absolute Gasteiger partial charge is 0.350 e. The summed E-state index contributed by atoms with van der Waals surface area (Å²) in [5, 5.41) is 16.5. The lowest BCUT2D eigenvalue weighted by Gasteiger charge is -2.14. The summed E-state index contributed by atoms with van der Waals surface area (Å²) in [6.45, 7) is 3.85. The van der Waals surface area contributed by atoms with Crippen molar-refractivity contribution in [2.24, 2.45) is 0 Å². The van der Waals surface area contributed by atoms with E-state index in [1.54, 1.807) is 24.3 Å². The molecule has 2 amide bonds. The smallest absolute Gasteiger partial charge is 0.284 e. The maximum absolute atomic E-state index is 12.5. The summed E-state index contributed by atoms with van der Waals surface area (Å²) in [7, 11) is 0. The topological polar surface area (TPSA) is 101 Å². The molecule has 0 aliphatic heterocycles. The Morgan fingerprint density at radius 1 is 1.19 bits per heavy atom. The van der Waals surface area contributed by atoms with Crippen molar-refractivity contribution in [1.29, 1.82) is 0 Å². The molecule has 0 aliphatic carbocycles. The molecule has 0 aliphatic rings. The third kappa shape index (κ3) is 4.66. The zero-order valence-corrected chi connectivity index (χ0v) is 15.9. The molecule has 8 heteroatoms. The van der Waals surface area contributed by atoms with Gasteiger partial charge in [-0.05, 0) is 53.5 Å². The summed E-state index contributed by atoms with van der Waals surface area (Å²) in [5.74, 6) is -0.832. The number of hydrogen-bond acceptors (Lipinski definition) is 4. The van der Waals surface area contributed by atoms with Crippen molar-refractivity contribution in [3.05, 3.63) is 68.2 Å². The number of hydrogen-bond donors (Lipinski definition) is 2. The van der Waals surface area contributed by atoms with Crippen LogP contribution in [0.4, 0.5) is 11.4 Å². The molecule has 0 fully saturated rings. The number of nitro groups is 1. The van der Waals surface area contributed by atoms with Gasteiger partial charge in [-0.25, -0.2) is 0 Å². The van der Waals surface area contributed by atoms with Gasteiger partial charge >= 0.3 is 0 Å². The summed E-state index contributed by atoms with van der Waals surface area (Å²) >= 11 is 3.08. The predicted octanol–water partition coefficient (Wildman–Crippen LogP) is 4.14. The number of nitro benzene ring substituents is 1. The van der Waals surface area contributed by atoms with Gasteiger partial charge in [0, 0.05) is 17.7 Å². The van der Waals surface area contributed by atoms with Crippen LogP contribution in [-0.2, 0) is 0 Å². The predicted molar refractivity (Wildman–Crippen MR) is 102 cm³/mol. The molecule has 26 heavy (non-hydrogen) atoms. The summed E-state index contributed by atoms with van der Waals surface area (Å²) in [6, 6.07) is 10.7. The normalized spacial score (nSPS) is 11.5. The zero-order valence-electron chi connectivity index (χ0n) is 14.3. The molecule has 7 nitrogen and oxygen atoms in total. The van der Waals surface area contributed by atoms with Crippen LogP contribution in [0.15, 0.2) is 46.9 Å². The van der Waals surface area contributed by atoms with E-state index in [0.29, 0.717) is 11.3 Å². The van der Waals surface area contributed by atoms with Gasteiger partial charge in [0.05, 0.1) is 20.6 Å². The molecule has 0 saturated heterocycles. The second kappa shape index (κ2) is 8.57. The summed E-state index contributed by atoms with van der Waals surface area (Å²) < 4.78 is 0.285. The standard InChI is InChI=1S/C18H18BrN3O4/c1-3-11(2)20-18(24)13-6-4-5-7-15(13)21-17(23)12-8-9-14(19)16(10-12)22(25)26/h4-11H,3H2,1-2H3,(H,20,24)(H,21,23). The minimum atomic E-state index is -0.575. The van der Waals surface area contributed by atoms with Gasteiger partial charge in [-0.3, -0.25) is 19.7 Å². The second-order valence-corrected chi connectivity index (χ2v) is 6.56. The molecule has 136 valence electrons. The molecule has 2 aromatic carbocycles. The number of rotatable bonds is 6. The van der Waals surface area contributed by atoms with Crippen LogP contribution in [0.3, 0.4) is 0 Å². The molecule has 0 saturated carbocycles. The van der Waals surface area contributed by atoms with Crippen molar-refractivity contribution >= 4 is 39.1 Å². The lowest BCUT2D eigenvalue weighted by Crippen LogP contribution is -2.32. The van der Waals surface area contributed by atoms with Gasteiger partial charge in [0.15, 0.2) is 0 Å². The quantitative estimate of drug-likeness (QED) is 0.542. The first kappa shape index (κ1) is 19.6. The van der Waals surface area contributed by atoms with Crippen molar-refractivity contribution in [2.45, 2.75) is 26.3 Å². The van der Waals surface area contributed by atoms with Crippen molar-refractivity contribution in [3.63, 3.8) is 0 Å². The summed E-state index contributed by atoms with van der Waals surface area (Å²) in [5.41, 5.74) is 0.578. The Morgan fingerprint density at radius 3 is 2.54 bits per heavy atom. The Balaban J connectivity index is 2.26. The van der Waals surface area contributed by atoms with Crippen LogP contribution in [0.5, 0.6) is 0 Å². The number of anilines is 1. The van der Waals surface area contributed by atoms with Crippen LogP contribution >= 0.6 is 15.9 Å². The maximum atomic E-state index is 12.5. The highest BCUT2D eigenvalue weighted by atomic mass is 79.9. The van der Waals surface area contributed by atoms with Crippen LogP contribution in [-0.4, -0.2) is 22.8 Å². The van der Waals surface area contributed by atoms with E-state index in [1.165, 1.54) is 18.2 Å². The number of amides is 2. The van der Waals surface area contributed by atoms with E-state index in [2.05, 4.69) is 26.6 Å². The van der Waals surface area contributed by atoms with Crippen LogP contribution in [0.2, 0.25) is 0 Å². The summed E-state index contributed by atoms with van der Waals surface area (Å²) in [6.07, 6.45) is 0.781. The molecule has 0 aromatic heterocycles. The number of benzene rings is 2. The van der Waals surface area contributed by atoms with Crippen LogP contribution < -0.4 is 10.6 Å². The van der Waals surface area contributed by atoms with Gasteiger partial charge in [0.2, 0.25) is 0 Å². The third-order valence-electron chi connectivity index (χ3n) is 3.81. The first-order valence-corrected chi connectivity index (χ1v) is 8.78. The molecule has 2 N–H and O–H groups in total. The molecule has 0 radical (unpaired) electrons. The average molecular weight is 420 g/mol. The monoisotopic (exact) mass is 419 g/mol. The van der Waals surface area contributed by atoms with E-state index in [4.69, 9.17) is 0 Å². The minimum absolute atomic E-state index is 0.000353. The van der Waals surface area contributed by atoms with Crippen LogP contribution in [0.25, 0.3) is 0 Å². The first-order chi connectivity index (χ1) is 12.3. The number of carbonyl (C=O) groups is 2. The maximum Gasteiger partial charge on any atom is 0.284 e. The van der Waals surface area contributed by atoms with Gasteiger partial charge in [-0.15, -0.1) is 0 Å². The second-order valence-electron chi connectivity index (χ2n) is 5.71. The fourth-order valence-electron chi connectivity index (χ4n) is 2.18. The van der Waals surface area contributed by atoms with Gasteiger partial charge in [-0.2, -0.15) is 0 Å². The van der Waals surface area contributed by atoms with Crippen molar-refractivity contribution in [1.82, 2.24) is 5.32 Å². The van der Waals surface area contributed by atoms with E-state index in [9.17, 15) is 19.7 Å². The van der Waals surface area contributed by atoms with E-state index >= 15 is 0 Å².